The summed E-state index contributed by atoms with van der Waals surface area (Å²) in [6.45, 7) is 3.60. The molecule has 0 saturated heterocycles. The molecule has 3 aromatic rings. The first-order chi connectivity index (χ1) is 13.1. The van der Waals surface area contributed by atoms with Gasteiger partial charge in [0.05, 0.1) is 0 Å². The van der Waals surface area contributed by atoms with E-state index in [9.17, 15) is 9.90 Å². The number of benzene rings is 1. The fourth-order valence-corrected chi connectivity index (χ4v) is 3.96. The van der Waals surface area contributed by atoms with Crippen molar-refractivity contribution in [3.05, 3.63) is 40.7 Å². The van der Waals surface area contributed by atoms with E-state index in [1.54, 1.807) is 0 Å². The molecule has 0 aliphatic heterocycles. The van der Waals surface area contributed by atoms with Crippen molar-refractivity contribution >= 4 is 17.0 Å². The van der Waals surface area contributed by atoms with E-state index in [2.05, 4.69) is 34.3 Å². The normalized spacial score (nSPS) is 16.8. The number of carboxylic acid groups (broad SMARTS) is 1. The molecular formula is C19H23N5O3. The third-order valence-corrected chi connectivity index (χ3v) is 5.33. The first-order valence-corrected chi connectivity index (χ1v) is 9.30. The van der Waals surface area contributed by atoms with Crippen molar-refractivity contribution < 1.29 is 14.5 Å². The third-order valence-electron chi connectivity index (χ3n) is 5.33. The molecule has 0 bridgehead atoms. The summed E-state index contributed by atoms with van der Waals surface area (Å²) in [5.74, 6) is -0.937. The number of aromatic nitrogens is 4. The molecule has 8 nitrogen and oxygen atoms in total. The Morgan fingerprint density at radius 3 is 2.96 bits per heavy atom. The van der Waals surface area contributed by atoms with Crippen molar-refractivity contribution in [2.45, 2.75) is 51.7 Å². The summed E-state index contributed by atoms with van der Waals surface area (Å²) in [5, 5.41) is 21.6. The first kappa shape index (κ1) is 17.7. The molecule has 2 aromatic heterocycles. The highest BCUT2D eigenvalue weighted by Gasteiger charge is 2.30. The fourth-order valence-electron chi connectivity index (χ4n) is 3.96. The zero-order valence-electron chi connectivity index (χ0n) is 15.6. The van der Waals surface area contributed by atoms with Gasteiger partial charge in [-0.05, 0) is 60.7 Å². The molecule has 1 atom stereocenters. The molecule has 0 fully saturated rings. The summed E-state index contributed by atoms with van der Waals surface area (Å²) in [6, 6.07) is 6.20. The van der Waals surface area contributed by atoms with Gasteiger partial charge in [-0.1, -0.05) is 13.0 Å². The van der Waals surface area contributed by atoms with Crippen LogP contribution < -0.4 is 0 Å². The van der Waals surface area contributed by atoms with Crippen LogP contribution in [0.25, 0.3) is 11.0 Å². The van der Waals surface area contributed by atoms with Gasteiger partial charge in [0.2, 0.25) is 0 Å². The number of aryl methyl sites for hydroxylation is 1. The average molecular weight is 369 g/mol. The highest BCUT2D eigenvalue weighted by Crippen LogP contribution is 2.28. The molecule has 1 aliphatic carbocycles. The van der Waals surface area contributed by atoms with Crippen LogP contribution in [0.1, 0.15) is 47.1 Å². The van der Waals surface area contributed by atoms with E-state index in [0.717, 1.165) is 60.2 Å². The maximum absolute atomic E-state index is 11.6. The smallest absolute Gasteiger partial charge is 0.356 e. The minimum atomic E-state index is -0.937. The molecule has 0 unspecified atom stereocenters. The average Bonchev–Trinajstić information content (AvgIpc) is 3.26. The molecular weight excluding hydrogens is 346 g/mol. The third kappa shape index (κ3) is 3.32. The number of carbonyl (C=O) groups is 1. The molecule has 0 saturated carbocycles. The SMILES string of the molecule is CCCn1nc(C(=O)O)c2c1CC[C@@H](N(C)Cc1ccc3nonc3c1)C2. The summed E-state index contributed by atoms with van der Waals surface area (Å²) in [4.78, 5) is 13.9. The first-order valence-electron chi connectivity index (χ1n) is 9.30. The van der Waals surface area contributed by atoms with E-state index in [1.165, 1.54) is 0 Å². The lowest BCUT2D eigenvalue weighted by molar-refractivity contribution is 0.0687. The van der Waals surface area contributed by atoms with Gasteiger partial charge in [-0.15, -0.1) is 0 Å². The van der Waals surface area contributed by atoms with Gasteiger partial charge in [0.25, 0.3) is 0 Å². The van der Waals surface area contributed by atoms with Crippen LogP contribution in [0, 0.1) is 0 Å². The lowest BCUT2D eigenvalue weighted by Crippen LogP contribution is -2.36. The standard InChI is InChI=1S/C19H23N5O3/c1-3-8-24-17-7-5-13(10-14(17)18(20-24)19(25)26)23(2)11-12-4-6-15-16(9-12)22-27-21-15/h4,6,9,13H,3,5,7-8,10-11H2,1-2H3,(H,25,26)/t13-/m1/s1. The van der Waals surface area contributed by atoms with Crippen molar-refractivity contribution in [1.82, 2.24) is 25.0 Å². The van der Waals surface area contributed by atoms with Crippen molar-refractivity contribution in [2.24, 2.45) is 0 Å². The number of rotatable bonds is 6. The van der Waals surface area contributed by atoms with E-state index < -0.39 is 5.97 Å². The Balaban J connectivity index is 1.53. The maximum Gasteiger partial charge on any atom is 0.356 e. The van der Waals surface area contributed by atoms with Gasteiger partial charge in [-0.2, -0.15) is 5.10 Å². The Morgan fingerprint density at radius 2 is 2.19 bits per heavy atom. The van der Waals surface area contributed by atoms with E-state index in [1.807, 2.05) is 22.9 Å². The Labute approximate surface area is 156 Å². The second-order valence-electron chi connectivity index (χ2n) is 7.20. The predicted molar refractivity (Wildman–Crippen MR) is 98.6 cm³/mol. The van der Waals surface area contributed by atoms with Gasteiger partial charge in [0, 0.05) is 30.4 Å². The van der Waals surface area contributed by atoms with Gasteiger partial charge in [-0.3, -0.25) is 9.58 Å². The van der Waals surface area contributed by atoms with Gasteiger partial charge in [0.1, 0.15) is 11.0 Å². The van der Waals surface area contributed by atoms with Crippen LogP contribution in [0.15, 0.2) is 22.8 Å². The van der Waals surface area contributed by atoms with Gasteiger partial charge < -0.3 is 5.11 Å². The fraction of sp³-hybridized carbons (Fsp3) is 0.474. The Bertz CT molecular complexity index is 977. The topological polar surface area (TPSA) is 97.3 Å². The Kier molecular flexibility index (Phi) is 4.65. The molecule has 8 heteroatoms. The summed E-state index contributed by atoms with van der Waals surface area (Å²) in [5.41, 5.74) is 4.83. The Morgan fingerprint density at radius 1 is 1.37 bits per heavy atom. The summed E-state index contributed by atoms with van der Waals surface area (Å²) in [7, 11) is 2.08. The van der Waals surface area contributed by atoms with Crippen molar-refractivity contribution in [1.29, 1.82) is 0 Å². The van der Waals surface area contributed by atoms with Crippen LogP contribution in [-0.2, 0) is 25.9 Å². The lowest BCUT2D eigenvalue weighted by atomic mass is 9.90. The van der Waals surface area contributed by atoms with E-state index in [0.29, 0.717) is 6.42 Å². The van der Waals surface area contributed by atoms with Crippen LogP contribution in [0.4, 0.5) is 0 Å². The largest absolute Gasteiger partial charge is 0.476 e. The van der Waals surface area contributed by atoms with Crippen LogP contribution in [0.5, 0.6) is 0 Å². The number of aromatic carboxylic acids is 1. The lowest BCUT2D eigenvalue weighted by Gasteiger charge is -2.31. The van der Waals surface area contributed by atoms with Crippen molar-refractivity contribution in [2.75, 3.05) is 7.05 Å². The zero-order valence-corrected chi connectivity index (χ0v) is 15.6. The minimum absolute atomic E-state index is 0.214. The number of likely N-dealkylation sites (N-methyl/N-ethyl adjacent to an activating group) is 1. The second kappa shape index (κ2) is 7.11. The van der Waals surface area contributed by atoms with Crippen LogP contribution in [-0.4, -0.2) is 49.2 Å². The van der Waals surface area contributed by atoms with Crippen molar-refractivity contribution in [3.8, 4) is 0 Å². The highest BCUT2D eigenvalue weighted by molar-refractivity contribution is 5.87. The maximum atomic E-state index is 11.6. The number of nitrogens with zero attached hydrogens (tertiary/aromatic N) is 5. The number of carboxylic acids is 1. The van der Waals surface area contributed by atoms with Crippen molar-refractivity contribution in [3.63, 3.8) is 0 Å². The molecule has 1 aliphatic rings. The monoisotopic (exact) mass is 369 g/mol. The summed E-state index contributed by atoms with van der Waals surface area (Å²) >= 11 is 0. The number of hydrogen-bond acceptors (Lipinski definition) is 6. The molecule has 1 aromatic carbocycles. The van der Waals surface area contributed by atoms with Gasteiger partial charge >= 0.3 is 5.97 Å². The van der Waals surface area contributed by atoms with Crippen LogP contribution >= 0.6 is 0 Å². The molecule has 0 amide bonds. The number of fused-ring (bicyclic) bond motifs is 2. The van der Waals surface area contributed by atoms with E-state index in [4.69, 9.17) is 4.63 Å². The summed E-state index contributed by atoms with van der Waals surface area (Å²) < 4.78 is 6.65. The molecule has 142 valence electrons. The molecule has 27 heavy (non-hydrogen) atoms. The highest BCUT2D eigenvalue weighted by atomic mass is 16.6. The minimum Gasteiger partial charge on any atom is -0.476 e. The second-order valence-corrected chi connectivity index (χ2v) is 7.20. The quantitative estimate of drug-likeness (QED) is 0.713. The van der Waals surface area contributed by atoms with E-state index in [-0.39, 0.29) is 11.7 Å². The summed E-state index contributed by atoms with van der Waals surface area (Å²) in [6.07, 6.45) is 3.50. The predicted octanol–water partition coefficient (Wildman–Crippen LogP) is 2.52. The molecule has 4 rings (SSSR count). The number of hydrogen-bond donors (Lipinski definition) is 1. The Hall–Kier alpha value is -2.74. The zero-order chi connectivity index (χ0) is 19.0. The van der Waals surface area contributed by atoms with Gasteiger partial charge in [-0.25, -0.2) is 9.42 Å². The van der Waals surface area contributed by atoms with Gasteiger partial charge in [0.15, 0.2) is 5.69 Å². The molecule has 2 heterocycles. The van der Waals surface area contributed by atoms with E-state index >= 15 is 0 Å². The van der Waals surface area contributed by atoms with Crippen LogP contribution in [0.3, 0.4) is 0 Å². The van der Waals surface area contributed by atoms with Crippen LogP contribution in [0.2, 0.25) is 0 Å². The molecule has 0 radical (unpaired) electrons. The molecule has 0 spiro atoms. The molecule has 1 N–H and O–H groups in total.